The van der Waals surface area contributed by atoms with Crippen molar-refractivity contribution in [2.24, 2.45) is 0 Å². The predicted octanol–water partition coefficient (Wildman–Crippen LogP) is 10.8. The molecular weight excluding hydrogens is 831 g/mol. The molecule has 3 aromatic carbocycles. The Balaban J connectivity index is 0.000000224. The third kappa shape index (κ3) is 7.98. The summed E-state index contributed by atoms with van der Waals surface area (Å²) in [6.07, 6.45) is 3.84. The first-order valence-electron chi connectivity index (χ1n) is 16.1. The standard InChI is InChI=1S/C27H23N2S.C14H16GeN.Ir/c1-16(2)19-10-11-28-25(14-19)24-7-5-6-23-22-9-8-20(15-26(22)30-27(23)24)21-12-17(3)29-18(4)13-21;1-15(2,3)13-9-10-14(16-11-13)12-7-5-4-6-8-12;/h5-6,8-16H,1-4H3;4-7,9-11H,1-3H3;/q2*-1;/i16D;;. The second-order valence-electron chi connectivity index (χ2n) is 12.9. The molecule has 0 N–H and O–H groups in total. The smallest absolute Gasteiger partial charge is 0 e. The molecule has 0 aliphatic rings. The first kappa shape index (κ1) is 33.4. The molecule has 0 spiro atoms. The molecule has 0 amide bonds. The first-order valence-corrected chi connectivity index (χ1v) is 23.8. The Morgan fingerprint density at radius 2 is 1.55 bits per heavy atom. The zero-order chi connectivity index (χ0) is 33.3. The molecule has 0 fully saturated rings. The number of rotatable bonds is 5. The van der Waals surface area contributed by atoms with Crippen molar-refractivity contribution in [2.45, 2.75) is 50.9 Å². The zero-order valence-corrected chi connectivity index (χ0v) is 33.2. The normalized spacial score (nSPS) is 11.9. The van der Waals surface area contributed by atoms with E-state index in [9.17, 15) is 0 Å². The predicted molar refractivity (Wildman–Crippen MR) is 200 cm³/mol. The molecule has 239 valence electrons. The molecule has 0 saturated carbocycles. The number of benzene rings is 3. The maximum atomic E-state index is 8.38. The summed E-state index contributed by atoms with van der Waals surface area (Å²) in [4.78, 5) is 13.6. The first-order chi connectivity index (χ1) is 22.4. The Morgan fingerprint density at radius 1 is 0.766 bits per heavy atom. The van der Waals surface area contributed by atoms with Crippen LogP contribution in [-0.2, 0) is 20.1 Å². The number of hydrogen-bond donors (Lipinski definition) is 0. The molecule has 4 aromatic heterocycles. The second kappa shape index (κ2) is 14.7. The van der Waals surface area contributed by atoms with E-state index in [1.807, 2.05) is 76.4 Å². The van der Waals surface area contributed by atoms with Crippen molar-refractivity contribution in [2.75, 3.05) is 0 Å². The molecule has 0 aliphatic heterocycles. The van der Waals surface area contributed by atoms with Gasteiger partial charge in [0.05, 0.1) is 0 Å². The van der Waals surface area contributed by atoms with Gasteiger partial charge in [-0.3, -0.25) is 4.98 Å². The van der Waals surface area contributed by atoms with Crippen LogP contribution < -0.4 is 4.40 Å². The fourth-order valence-corrected chi connectivity index (χ4v) is 8.96. The van der Waals surface area contributed by atoms with E-state index in [0.29, 0.717) is 0 Å². The Bertz CT molecular complexity index is 2160. The van der Waals surface area contributed by atoms with Crippen LogP contribution in [0.3, 0.4) is 0 Å². The van der Waals surface area contributed by atoms with Gasteiger partial charge in [-0.25, -0.2) is 0 Å². The minimum atomic E-state index is -1.72. The van der Waals surface area contributed by atoms with Crippen LogP contribution in [0.5, 0.6) is 0 Å². The van der Waals surface area contributed by atoms with Crippen LogP contribution in [0.1, 0.15) is 38.1 Å². The van der Waals surface area contributed by atoms with E-state index in [1.54, 1.807) is 17.5 Å². The topological polar surface area (TPSA) is 38.7 Å². The van der Waals surface area contributed by atoms with Crippen LogP contribution in [0.15, 0.2) is 103 Å². The second-order valence-corrected chi connectivity index (χ2v) is 24.6. The molecular formula is C41H39GeIrN3S-2. The molecule has 1 radical (unpaired) electrons. The third-order valence-electron chi connectivity index (χ3n) is 8.06. The van der Waals surface area contributed by atoms with Crippen molar-refractivity contribution < 1.29 is 21.5 Å². The average molecular weight is 872 g/mol. The van der Waals surface area contributed by atoms with Gasteiger partial charge in [0.15, 0.2) is 0 Å². The quantitative estimate of drug-likeness (QED) is 0.128. The van der Waals surface area contributed by atoms with E-state index in [0.717, 1.165) is 39.5 Å². The molecule has 6 heteroatoms. The van der Waals surface area contributed by atoms with Gasteiger partial charge in [0.1, 0.15) is 0 Å². The van der Waals surface area contributed by atoms with Crippen molar-refractivity contribution >= 4 is 49.2 Å². The van der Waals surface area contributed by atoms with E-state index < -0.39 is 19.2 Å². The van der Waals surface area contributed by atoms with Gasteiger partial charge in [-0.05, 0) is 70.9 Å². The van der Waals surface area contributed by atoms with Gasteiger partial charge in [0.25, 0.3) is 0 Å². The van der Waals surface area contributed by atoms with Gasteiger partial charge in [-0.15, -0.1) is 23.8 Å². The van der Waals surface area contributed by atoms with Crippen LogP contribution >= 0.6 is 11.3 Å². The number of pyridine rings is 3. The van der Waals surface area contributed by atoms with Gasteiger partial charge >= 0.3 is 99.8 Å². The summed E-state index contributed by atoms with van der Waals surface area (Å²) in [6, 6.07) is 37.9. The van der Waals surface area contributed by atoms with E-state index >= 15 is 0 Å². The fourth-order valence-electron chi connectivity index (χ4n) is 5.54. The van der Waals surface area contributed by atoms with Crippen molar-refractivity contribution in [3.63, 3.8) is 0 Å². The van der Waals surface area contributed by atoms with E-state index in [2.05, 4.69) is 92.9 Å². The maximum Gasteiger partial charge on any atom is 0 e. The van der Waals surface area contributed by atoms with E-state index in [1.165, 1.54) is 35.7 Å². The largest absolute Gasteiger partial charge is 0 e. The van der Waals surface area contributed by atoms with Gasteiger partial charge in [-0.2, -0.15) is 11.3 Å². The number of nitrogens with zero attached hydrogens (tertiary/aromatic N) is 3. The zero-order valence-electron chi connectivity index (χ0n) is 28.9. The average Bonchev–Trinajstić information content (AvgIpc) is 3.43. The Morgan fingerprint density at radius 3 is 2.21 bits per heavy atom. The number of fused-ring (bicyclic) bond motifs is 3. The van der Waals surface area contributed by atoms with Crippen LogP contribution in [0.2, 0.25) is 17.3 Å². The molecule has 0 unspecified atom stereocenters. The summed E-state index contributed by atoms with van der Waals surface area (Å²) in [7, 11) is 0. The summed E-state index contributed by atoms with van der Waals surface area (Å²) in [5, 5.41) is 2.47. The maximum absolute atomic E-state index is 8.38. The third-order valence-corrected chi connectivity index (χ3v) is 13.5. The summed E-state index contributed by atoms with van der Waals surface area (Å²) in [6.45, 7) is 7.88. The van der Waals surface area contributed by atoms with Crippen LogP contribution in [0.4, 0.5) is 0 Å². The Kier molecular flexibility index (Phi) is 10.5. The monoisotopic (exact) mass is 873 g/mol. The summed E-state index contributed by atoms with van der Waals surface area (Å²) < 4.78 is 12.3. The molecule has 7 rings (SSSR count). The van der Waals surface area contributed by atoms with Crippen molar-refractivity contribution in [3.8, 4) is 33.6 Å². The van der Waals surface area contributed by atoms with Crippen molar-refractivity contribution in [1.29, 1.82) is 0 Å². The molecule has 3 nitrogen and oxygen atoms in total. The Hall–Kier alpha value is -3.48. The van der Waals surface area contributed by atoms with Gasteiger partial charge in [0.2, 0.25) is 0 Å². The van der Waals surface area contributed by atoms with Crippen LogP contribution in [-0.4, -0.2) is 28.2 Å². The van der Waals surface area contributed by atoms with Crippen LogP contribution in [0.25, 0.3) is 53.8 Å². The van der Waals surface area contributed by atoms with Gasteiger partial charge in [0, 0.05) is 43.8 Å². The van der Waals surface area contributed by atoms with Gasteiger partial charge in [-0.1, -0.05) is 43.0 Å². The fraction of sp³-hybridized carbons (Fsp3) is 0.195. The number of thiophene rings is 1. The SMILES string of the molecule is [2H]C(C)(C)c1ccnc(-c2[c-]ccc3c2sc2cc(-c4cc(C)nc(C)c4)ccc23)c1.[CH3][Ge]([CH3])([CH3])[c]1ccc(-c2[c-]cccc2)nc1.[Ir]. The summed E-state index contributed by atoms with van der Waals surface area (Å²) >= 11 is 0.0641. The summed E-state index contributed by atoms with van der Waals surface area (Å²) in [5.41, 5.74) is 9.37. The minimum Gasteiger partial charge on any atom is 0 e. The minimum absolute atomic E-state index is 0. The summed E-state index contributed by atoms with van der Waals surface area (Å²) in [5.74, 6) is 6.48. The molecule has 4 heterocycles. The molecule has 47 heavy (non-hydrogen) atoms. The molecule has 0 atom stereocenters. The van der Waals surface area contributed by atoms with Crippen molar-refractivity contribution in [1.82, 2.24) is 15.0 Å². The van der Waals surface area contributed by atoms with E-state index in [-0.39, 0.29) is 20.1 Å². The number of aryl methyl sites for hydroxylation is 2. The number of aromatic nitrogens is 3. The van der Waals surface area contributed by atoms with Crippen LogP contribution in [0, 0.1) is 26.0 Å². The molecule has 0 saturated heterocycles. The molecule has 0 aliphatic carbocycles. The van der Waals surface area contributed by atoms with Crippen molar-refractivity contribution in [3.05, 3.63) is 132 Å². The molecule has 0 bridgehead atoms. The van der Waals surface area contributed by atoms with Gasteiger partial charge < -0.3 is 4.98 Å². The number of hydrogen-bond acceptors (Lipinski definition) is 4. The molecule has 7 aromatic rings. The Labute approximate surface area is 300 Å². The van der Waals surface area contributed by atoms with E-state index in [4.69, 9.17) is 1.37 Å².